The molecule has 0 aliphatic carbocycles. The monoisotopic (exact) mass is 297 g/mol. The Hall–Kier alpha value is -1.40. The number of rotatable bonds is 2. The van der Waals surface area contributed by atoms with Gasteiger partial charge in [0.2, 0.25) is 0 Å². The summed E-state index contributed by atoms with van der Waals surface area (Å²) in [5.74, 6) is 0.829. The Kier molecular flexibility index (Phi) is 3.98. The van der Waals surface area contributed by atoms with E-state index in [-0.39, 0.29) is 0 Å². The van der Waals surface area contributed by atoms with Crippen LogP contribution in [0.3, 0.4) is 0 Å². The number of hydrogen-bond acceptors (Lipinski definition) is 2. The van der Waals surface area contributed by atoms with Crippen LogP contribution in [0.4, 0.5) is 0 Å². The molecular formula is C13H6Cl3NO. The number of benzene rings is 2. The summed E-state index contributed by atoms with van der Waals surface area (Å²) in [5, 5.41) is 9.79. The maximum Gasteiger partial charge on any atom is 0.147 e. The molecule has 0 spiro atoms. The summed E-state index contributed by atoms with van der Waals surface area (Å²) in [7, 11) is 0. The van der Waals surface area contributed by atoms with Crippen LogP contribution in [0.15, 0.2) is 36.4 Å². The molecule has 2 rings (SSSR count). The molecule has 0 fully saturated rings. The minimum Gasteiger partial charge on any atom is -0.454 e. The van der Waals surface area contributed by atoms with E-state index in [0.29, 0.717) is 32.1 Å². The summed E-state index contributed by atoms with van der Waals surface area (Å²) in [6.45, 7) is 0. The number of nitrogens with zero attached hydrogens (tertiary/aromatic N) is 1. The van der Waals surface area contributed by atoms with Crippen molar-refractivity contribution in [3.63, 3.8) is 0 Å². The van der Waals surface area contributed by atoms with Crippen LogP contribution in [0.1, 0.15) is 5.56 Å². The van der Waals surface area contributed by atoms with Crippen molar-refractivity contribution in [1.29, 1.82) is 5.26 Å². The van der Waals surface area contributed by atoms with Crippen molar-refractivity contribution in [2.24, 2.45) is 0 Å². The molecule has 90 valence electrons. The Bertz CT molecular complexity index is 635. The van der Waals surface area contributed by atoms with Crippen LogP contribution < -0.4 is 4.74 Å². The van der Waals surface area contributed by atoms with Gasteiger partial charge in [0.1, 0.15) is 16.5 Å². The topological polar surface area (TPSA) is 33.0 Å². The van der Waals surface area contributed by atoms with Gasteiger partial charge in [0, 0.05) is 0 Å². The van der Waals surface area contributed by atoms with E-state index in [4.69, 9.17) is 44.8 Å². The Morgan fingerprint density at radius 3 is 2.39 bits per heavy atom. The molecule has 0 saturated heterocycles. The molecular weight excluding hydrogens is 293 g/mol. The van der Waals surface area contributed by atoms with Crippen LogP contribution in [0, 0.1) is 11.3 Å². The number of ether oxygens (including phenoxy) is 1. The largest absolute Gasteiger partial charge is 0.454 e. The van der Waals surface area contributed by atoms with Crippen molar-refractivity contribution < 1.29 is 4.74 Å². The van der Waals surface area contributed by atoms with Gasteiger partial charge in [0.15, 0.2) is 0 Å². The van der Waals surface area contributed by atoms with E-state index in [1.54, 1.807) is 30.3 Å². The van der Waals surface area contributed by atoms with Crippen LogP contribution in [0.5, 0.6) is 11.5 Å². The van der Waals surface area contributed by atoms with Crippen LogP contribution in [0.2, 0.25) is 15.1 Å². The second-order valence-electron chi connectivity index (χ2n) is 3.41. The molecule has 0 bridgehead atoms. The van der Waals surface area contributed by atoms with E-state index in [0.717, 1.165) is 0 Å². The molecule has 0 heterocycles. The van der Waals surface area contributed by atoms with Crippen molar-refractivity contribution in [3.05, 3.63) is 57.0 Å². The highest BCUT2D eigenvalue weighted by Crippen LogP contribution is 2.37. The van der Waals surface area contributed by atoms with Crippen LogP contribution >= 0.6 is 34.8 Å². The fourth-order valence-corrected chi connectivity index (χ4v) is 1.88. The smallest absolute Gasteiger partial charge is 0.147 e. The van der Waals surface area contributed by atoms with E-state index >= 15 is 0 Å². The van der Waals surface area contributed by atoms with E-state index in [1.807, 2.05) is 6.07 Å². The minimum absolute atomic E-state index is 0.319. The third-order valence-corrected chi connectivity index (χ3v) is 3.29. The van der Waals surface area contributed by atoms with E-state index in [2.05, 4.69) is 0 Å². The predicted molar refractivity (Wildman–Crippen MR) is 72.7 cm³/mol. The first kappa shape index (κ1) is 13.0. The fourth-order valence-electron chi connectivity index (χ4n) is 1.33. The van der Waals surface area contributed by atoms with Gasteiger partial charge >= 0.3 is 0 Å². The fraction of sp³-hybridized carbons (Fsp3) is 0. The molecule has 0 atom stereocenters. The van der Waals surface area contributed by atoms with Crippen molar-refractivity contribution >= 4 is 34.8 Å². The Morgan fingerprint density at radius 2 is 1.72 bits per heavy atom. The summed E-state index contributed by atoms with van der Waals surface area (Å²) in [6, 6.07) is 11.8. The van der Waals surface area contributed by atoms with E-state index in [9.17, 15) is 0 Å². The van der Waals surface area contributed by atoms with E-state index in [1.165, 1.54) is 6.07 Å². The molecule has 2 aromatic carbocycles. The summed E-state index contributed by atoms with van der Waals surface area (Å²) >= 11 is 17.9. The molecule has 0 amide bonds. The van der Waals surface area contributed by atoms with Gasteiger partial charge < -0.3 is 4.74 Å². The molecule has 0 radical (unpaired) electrons. The second-order valence-corrected chi connectivity index (χ2v) is 4.60. The highest BCUT2D eigenvalue weighted by atomic mass is 35.5. The molecule has 0 N–H and O–H groups in total. The molecule has 0 aromatic heterocycles. The first-order valence-electron chi connectivity index (χ1n) is 4.93. The van der Waals surface area contributed by atoms with Gasteiger partial charge in [0.05, 0.1) is 21.7 Å². The highest BCUT2D eigenvalue weighted by molar-refractivity contribution is 6.43. The van der Waals surface area contributed by atoms with E-state index < -0.39 is 0 Å². The second kappa shape index (κ2) is 5.49. The van der Waals surface area contributed by atoms with Gasteiger partial charge in [-0.1, -0.05) is 40.9 Å². The van der Waals surface area contributed by atoms with Gasteiger partial charge in [-0.25, -0.2) is 0 Å². The average molecular weight is 299 g/mol. The normalized spacial score (nSPS) is 9.89. The predicted octanol–water partition coefficient (Wildman–Crippen LogP) is 5.31. The van der Waals surface area contributed by atoms with Gasteiger partial charge in [-0.15, -0.1) is 0 Å². The van der Waals surface area contributed by atoms with Crippen LogP contribution in [-0.2, 0) is 0 Å². The lowest BCUT2D eigenvalue weighted by Gasteiger charge is -2.09. The molecule has 2 aromatic rings. The molecule has 0 unspecified atom stereocenters. The zero-order valence-electron chi connectivity index (χ0n) is 8.95. The van der Waals surface area contributed by atoms with Crippen LogP contribution in [0.25, 0.3) is 0 Å². The highest BCUT2D eigenvalue weighted by Gasteiger charge is 2.09. The van der Waals surface area contributed by atoms with Crippen molar-refractivity contribution in [2.75, 3.05) is 0 Å². The zero-order chi connectivity index (χ0) is 13.1. The lowest BCUT2D eigenvalue weighted by Crippen LogP contribution is -1.87. The quantitative estimate of drug-likeness (QED) is 0.752. The van der Waals surface area contributed by atoms with Gasteiger partial charge in [-0.2, -0.15) is 5.26 Å². The maximum atomic E-state index is 8.74. The Morgan fingerprint density at radius 1 is 0.944 bits per heavy atom. The van der Waals surface area contributed by atoms with Crippen molar-refractivity contribution in [2.45, 2.75) is 0 Å². The summed E-state index contributed by atoms with van der Waals surface area (Å²) in [4.78, 5) is 0. The van der Waals surface area contributed by atoms with Crippen molar-refractivity contribution in [3.8, 4) is 17.6 Å². The van der Waals surface area contributed by atoms with Crippen molar-refractivity contribution in [1.82, 2.24) is 0 Å². The molecule has 0 aliphatic rings. The molecule has 18 heavy (non-hydrogen) atoms. The SMILES string of the molecule is N#Cc1ccc(Oc2cccc(Cl)c2Cl)c(Cl)c1. The Labute approximate surface area is 119 Å². The number of halogens is 3. The number of hydrogen-bond donors (Lipinski definition) is 0. The minimum atomic E-state index is 0.319. The van der Waals surface area contributed by atoms with Gasteiger partial charge in [-0.3, -0.25) is 0 Å². The molecule has 0 aliphatic heterocycles. The first-order chi connectivity index (χ1) is 8.61. The van der Waals surface area contributed by atoms with Gasteiger partial charge in [-0.05, 0) is 30.3 Å². The number of nitriles is 1. The molecule has 5 heteroatoms. The first-order valence-corrected chi connectivity index (χ1v) is 6.06. The average Bonchev–Trinajstić information content (AvgIpc) is 2.37. The Balaban J connectivity index is 2.35. The molecule has 0 saturated carbocycles. The maximum absolute atomic E-state index is 8.74. The summed E-state index contributed by atoms with van der Waals surface area (Å²) < 4.78 is 5.56. The molecule has 2 nitrogen and oxygen atoms in total. The zero-order valence-corrected chi connectivity index (χ0v) is 11.2. The lowest BCUT2D eigenvalue weighted by atomic mass is 10.2. The van der Waals surface area contributed by atoms with Gasteiger partial charge in [0.25, 0.3) is 0 Å². The third kappa shape index (κ3) is 2.70. The summed E-state index contributed by atoms with van der Waals surface area (Å²) in [5.41, 5.74) is 0.463. The standard InChI is InChI=1S/C13H6Cl3NO/c14-9-2-1-3-12(13(9)16)18-11-5-4-8(7-17)6-10(11)15/h1-6H. The van der Waals surface area contributed by atoms with Crippen LogP contribution in [-0.4, -0.2) is 0 Å². The summed E-state index contributed by atoms with van der Waals surface area (Å²) in [6.07, 6.45) is 0. The third-order valence-electron chi connectivity index (χ3n) is 2.20. The lowest BCUT2D eigenvalue weighted by molar-refractivity contribution is 0.483.